The van der Waals surface area contributed by atoms with Gasteiger partial charge in [-0.1, -0.05) is 19.4 Å². The Morgan fingerprint density at radius 1 is 1.14 bits per heavy atom. The summed E-state index contributed by atoms with van der Waals surface area (Å²) < 4.78 is 10.3. The van der Waals surface area contributed by atoms with Gasteiger partial charge in [0.15, 0.2) is 0 Å². The first-order valence-corrected chi connectivity index (χ1v) is 7.43. The highest BCUT2D eigenvalue weighted by molar-refractivity contribution is 6.36. The molecule has 0 aromatic heterocycles. The number of rotatable bonds is 10. The first kappa shape index (κ1) is 14.1. The highest BCUT2D eigenvalue weighted by atomic mass is 28.2. The fraction of sp³-hybridized carbons (Fsp3) is 1.00. The molecule has 0 saturated carbocycles. The number of methoxy groups -OCH3 is 2. The van der Waals surface area contributed by atoms with Crippen LogP contribution in [-0.2, 0) is 9.47 Å². The second kappa shape index (κ2) is 11.2. The van der Waals surface area contributed by atoms with Crippen molar-refractivity contribution in [1.29, 1.82) is 0 Å². The minimum atomic E-state index is -0.199. The maximum atomic E-state index is 5.16. The number of unbranched alkanes of at least 4 members (excludes halogenated alkanes) is 1. The molecule has 0 fully saturated rings. The Hall–Kier alpha value is 0.0969. The van der Waals surface area contributed by atoms with E-state index in [0.29, 0.717) is 0 Å². The van der Waals surface area contributed by atoms with Crippen LogP contribution in [-0.4, -0.2) is 42.7 Å². The molecule has 3 nitrogen and oxygen atoms in total. The van der Waals surface area contributed by atoms with E-state index in [-0.39, 0.29) is 15.4 Å². The summed E-state index contributed by atoms with van der Waals surface area (Å²) in [5.41, 5.74) is 0. The van der Waals surface area contributed by atoms with Crippen LogP contribution in [0.5, 0.6) is 0 Å². The molecule has 0 aliphatic heterocycles. The predicted molar refractivity (Wildman–Crippen MR) is 63.6 cm³/mol. The second-order valence-corrected chi connectivity index (χ2v) is 5.45. The molecule has 0 aromatic carbocycles. The van der Waals surface area contributed by atoms with Crippen molar-refractivity contribution in [3.8, 4) is 0 Å². The van der Waals surface area contributed by atoms with Gasteiger partial charge in [0.25, 0.3) is 0 Å². The average molecular weight is 219 g/mol. The fourth-order valence-electron chi connectivity index (χ4n) is 1.32. The van der Waals surface area contributed by atoms with Gasteiger partial charge in [-0.05, 0) is 25.9 Å². The molecule has 0 atom stereocenters. The molecule has 0 spiro atoms. The summed E-state index contributed by atoms with van der Waals surface area (Å²) in [6.07, 6.45) is 3.83. The highest BCUT2D eigenvalue weighted by Crippen LogP contribution is 1.95. The van der Waals surface area contributed by atoms with E-state index < -0.39 is 0 Å². The van der Waals surface area contributed by atoms with E-state index in [4.69, 9.17) is 9.47 Å². The van der Waals surface area contributed by atoms with Gasteiger partial charge >= 0.3 is 0 Å². The van der Waals surface area contributed by atoms with Crippen molar-refractivity contribution >= 4 is 9.52 Å². The molecule has 0 unspecified atom stereocenters. The normalized spacial score (nSPS) is 12.0. The van der Waals surface area contributed by atoms with Crippen molar-refractivity contribution in [2.24, 2.45) is 0 Å². The van der Waals surface area contributed by atoms with Crippen LogP contribution in [0.15, 0.2) is 0 Å². The van der Waals surface area contributed by atoms with Crippen LogP contribution < -0.4 is 5.32 Å². The van der Waals surface area contributed by atoms with Crippen LogP contribution in [0.2, 0.25) is 6.04 Å². The highest BCUT2D eigenvalue weighted by Gasteiger charge is 2.03. The van der Waals surface area contributed by atoms with E-state index in [1.165, 1.54) is 25.3 Å². The summed E-state index contributed by atoms with van der Waals surface area (Å²) >= 11 is 0. The van der Waals surface area contributed by atoms with Crippen molar-refractivity contribution in [2.75, 3.05) is 27.3 Å². The van der Waals surface area contributed by atoms with Crippen LogP contribution in [0.25, 0.3) is 0 Å². The molecule has 0 aliphatic carbocycles. The average Bonchev–Trinajstić information content (AvgIpc) is 2.22. The fourth-order valence-corrected chi connectivity index (χ4v) is 2.66. The monoisotopic (exact) mass is 219 g/mol. The van der Waals surface area contributed by atoms with Gasteiger partial charge in [0.05, 0.1) is 9.52 Å². The Labute approximate surface area is 90.4 Å². The van der Waals surface area contributed by atoms with E-state index in [1.54, 1.807) is 14.2 Å². The molecule has 0 aromatic rings. The summed E-state index contributed by atoms with van der Waals surface area (Å²) in [6, 6.07) is 1.30. The van der Waals surface area contributed by atoms with Crippen molar-refractivity contribution in [3.05, 3.63) is 0 Å². The molecule has 0 rings (SSSR count). The van der Waals surface area contributed by atoms with Gasteiger partial charge in [-0.3, -0.25) is 0 Å². The lowest BCUT2D eigenvalue weighted by Crippen LogP contribution is -2.23. The lowest BCUT2D eigenvalue weighted by Gasteiger charge is -2.12. The van der Waals surface area contributed by atoms with Gasteiger partial charge in [-0.25, -0.2) is 0 Å². The molecule has 86 valence electrons. The molecule has 0 amide bonds. The van der Waals surface area contributed by atoms with E-state index in [9.17, 15) is 0 Å². The van der Waals surface area contributed by atoms with Crippen LogP contribution in [0.3, 0.4) is 0 Å². The number of hydrogen-bond acceptors (Lipinski definition) is 3. The maximum Gasteiger partial charge on any atom is 0.134 e. The Bertz CT molecular complexity index is 110. The molecule has 4 heteroatoms. The Morgan fingerprint density at radius 3 is 2.36 bits per heavy atom. The van der Waals surface area contributed by atoms with E-state index in [2.05, 4.69) is 12.2 Å². The van der Waals surface area contributed by atoms with Gasteiger partial charge in [-0.15, -0.1) is 0 Å². The molecular weight excluding hydrogens is 194 g/mol. The Kier molecular flexibility index (Phi) is 11.3. The first-order valence-electron chi connectivity index (χ1n) is 5.61. The zero-order valence-corrected chi connectivity index (χ0v) is 11.3. The first-order chi connectivity index (χ1) is 6.85. The van der Waals surface area contributed by atoms with Crippen molar-refractivity contribution in [2.45, 2.75) is 38.1 Å². The molecule has 1 N–H and O–H groups in total. The molecule has 0 radical (unpaired) electrons. The number of nitrogens with one attached hydrogen (secondary N) is 1. The van der Waals surface area contributed by atoms with Crippen LogP contribution in [0.1, 0.15) is 26.2 Å². The number of hydrogen-bond donors (Lipinski definition) is 1. The lowest BCUT2D eigenvalue weighted by molar-refractivity contribution is -0.0441. The van der Waals surface area contributed by atoms with E-state index in [1.807, 2.05) is 0 Å². The molecule has 14 heavy (non-hydrogen) atoms. The molecule has 0 heterocycles. The van der Waals surface area contributed by atoms with Crippen LogP contribution >= 0.6 is 0 Å². The third kappa shape index (κ3) is 8.68. The molecule has 0 bridgehead atoms. The van der Waals surface area contributed by atoms with Gasteiger partial charge in [0.1, 0.15) is 5.91 Å². The van der Waals surface area contributed by atoms with Crippen LogP contribution in [0, 0.1) is 0 Å². The summed E-state index contributed by atoms with van der Waals surface area (Å²) in [6.45, 7) is 4.53. The van der Waals surface area contributed by atoms with Crippen LogP contribution in [0.4, 0.5) is 0 Å². The minimum absolute atomic E-state index is 0.116. The zero-order valence-electron chi connectivity index (χ0n) is 9.84. The summed E-state index contributed by atoms with van der Waals surface area (Å²) in [5, 5.41) is 3.44. The molecule has 0 saturated heterocycles. The Balaban J connectivity index is 3.04. The standard InChI is InChI=1S/C10H25NO2Si/c1-4-5-7-11-8-6-9-14-10(12-2)13-3/h10-11H,4-9,14H2,1-3H3. The third-order valence-electron chi connectivity index (χ3n) is 2.28. The van der Waals surface area contributed by atoms with Gasteiger partial charge < -0.3 is 14.8 Å². The lowest BCUT2D eigenvalue weighted by atomic mass is 10.3. The molecule has 0 aliphatic rings. The largest absolute Gasteiger partial charge is 0.360 e. The summed E-state index contributed by atoms with van der Waals surface area (Å²) in [5.74, 6) is 0.116. The van der Waals surface area contributed by atoms with Gasteiger partial charge in [0.2, 0.25) is 0 Å². The van der Waals surface area contributed by atoms with Gasteiger partial charge in [0, 0.05) is 14.2 Å². The topological polar surface area (TPSA) is 30.5 Å². The van der Waals surface area contributed by atoms with E-state index in [0.717, 1.165) is 13.1 Å². The summed E-state index contributed by atoms with van der Waals surface area (Å²) in [4.78, 5) is 0. The number of ether oxygens (including phenoxy) is 2. The summed E-state index contributed by atoms with van der Waals surface area (Å²) in [7, 11) is 3.25. The zero-order chi connectivity index (χ0) is 10.6. The van der Waals surface area contributed by atoms with Crippen molar-refractivity contribution < 1.29 is 9.47 Å². The SMILES string of the molecule is CCCCNCCC[SiH2]C(OC)OC. The van der Waals surface area contributed by atoms with Gasteiger partial charge in [-0.2, -0.15) is 0 Å². The predicted octanol–water partition coefficient (Wildman–Crippen LogP) is 0.930. The quantitative estimate of drug-likeness (QED) is 0.337. The maximum absolute atomic E-state index is 5.16. The smallest absolute Gasteiger partial charge is 0.134 e. The Morgan fingerprint density at radius 2 is 1.79 bits per heavy atom. The third-order valence-corrected chi connectivity index (χ3v) is 4.32. The minimum Gasteiger partial charge on any atom is -0.360 e. The van der Waals surface area contributed by atoms with Crippen molar-refractivity contribution in [3.63, 3.8) is 0 Å². The van der Waals surface area contributed by atoms with Crippen molar-refractivity contribution in [1.82, 2.24) is 5.32 Å². The van der Waals surface area contributed by atoms with E-state index >= 15 is 0 Å². The second-order valence-electron chi connectivity index (χ2n) is 3.50. The molecular formula is C10H25NO2Si.